The lowest BCUT2D eigenvalue weighted by atomic mass is 9.75. The summed E-state index contributed by atoms with van der Waals surface area (Å²) in [7, 11) is 2.07. The van der Waals surface area contributed by atoms with Crippen LogP contribution < -0.4 is 15.0 Å². The third kappa shape index (κ3) is 7.54. The van der Waals surface area contributed by atoms with E-state index in [2.05, 4.69) is 71.3 Å². The molecule has 8 rings (SSSR count). The molecular weight excluding hydrogens is 696 g/mol. The van der Waals surface area contributed by atoms with Gasteiger partial charge in [-0.05, 0) is 92.2 Å². The standard InChI is InChI=1S/C45H45FN4O5/c1-28-5-3-7-31(21-28)37-27-55-41-24-34(51)10-12-36(41)43(37)32-9-13-39(38(46)23-32)49-19-16-30(17-20-49)25-48(2)18-4-6-29-8-11-35-33(22-29)26-50(45(35)54)40-14-15-42(52)47-44(40)53/h3,5,7-13,21-24,30,37,40,43,51H,14-20,25-27H2,1-2H3,(H,47,52,53)/t37-,40?,43-/m0/s1. The molecular formula is C45H45FN4O5. The van der Waals surface area contributed by atoms with Crippen LogP contribution in [0.25, 0.3) is 0 Å². The number of aromatic hydroxyl groups is 1. The molecule has 0 aliphatic carbocycles. The number of carbonyl (C=O) groups excluding carboxylic acids is 3. The highest BCUT2D eigenvalue weighted by Crippen LogP contribution is 2.47. The lowest BCUT2D eigenvalue weighted by molar-refractivity contribution is -0.136. The second-order valence-corrected chi connectivity index (χ2v) is 15.4. The Morgan fingerprint density at radius 1 is 0.964 bits per heavy atom. The maximum absolute atomic E-state index is 16.1. The van der Waals surface area contributed by atoms with Crippen LogP contribution in [0.1, 0.15) is 81.3 Å². The molecule has 0 spiro atoms. The number of fused-ring (bicyclic) bond motifs is 2. The van der Waals surface area contributed by atoms with Gasteiger partial charge in [0, 0.05) is 67.2 Å². The summed E-state index contributed by atoms with van der Waals surface area (Å²) in [5.41, 5.74) is 7.01. The zero-order valence-corrected chi connectivity index (χ0v) is 31.2. The first-order valence-corrected chi connectivity index (χ1v) is 19.1. The number of rotatable bonds is 7. The van der Waals surface area contributed by atoms with Gasteiger partial charge in [0.25, 0.3) is 5.91 Å². The maximum Gasteiger partial charge on any atom is 0.255 e. The Hall–Kier alpha value is -5.66. The van der Waals surface area contributed by atoms with Gasteiger partial charge in [0.15, 0.2) is 0 Å². The van der Waals surface area contributed by atoms with E-state index in [0.717, 1.165) is 65.9 Å². The third-order valence-electron chi connectivity index (χ3n) is 11.6. The fourth-order valence-electron chi connectivity index (χ4n) is 8.76. The summed E-state index contributed by atoms with van der Waals surface area (Å²) in [6.45, 7) is 5.86. The number of phenolic OH excluding ortho intramolecular Hbond substituents is 1. The van der Waals surface area contributed by atoms with Crippen molar-refractivity contribution in [1.29, 1.82) is 0 Å². The summed E-state index contributed by atoms with van der Waals surface area (Å²) >= 11 is 0. The number of imide groups is 1. The Labute approximate surface area is 321 Å². The van der Waals surface area contributed by atoms with Crippen LogP contribution in [0.4, 0.5) is 10.1 Å². The first-order chi connectivity index (χ1) is 26.6. The molecule has 2 saturated heterocycles. The molecule has 3 amide bonds. The van der Waals surface area contributed by atoms with Gasteiger partial charge >= 0.3 is 0 Å². The number of phenols is 1. The third-order valence-corrected chi connectivity index (χ3v) is 11.6. The molecule has 2 fully saturated rings. The highest BCUT2D eigenvalue weighted by Gasteiger charge is 2.39. The minimum Gasteiger partial charge on any atom is -0.508 e. The van der Waals surface area contributed by atoms with Gasteiger partial charge in [0.2, 0.25) is 11.8 Å². The number of piperidine rings is 2. The topological polar surface area (TPSA) is 102 Å². The van der Waals surface area contributed by atoms with Crippen molar-refractivity contribution in [2.45, 2.75) is 57.0 Å². The molecule has 282 valence electrons. The Balaban J connectivity index is 0.869. The van der Waals surface area contributed by atoms with E-state index in [0.29, 0.717) is 49.0 Å². The van der Waals surface area contributed by atoms with E-state index in [1.54, 1.807) is 29.2 Å². The van der Waals surface area contributed by atoms with Gasteiger partial charge in [-0.25, -0.2) is 4.39 Å². The Bertz CT molecular complexity index is 2220. The van der Waals surface area contributed by atoms with Gasteiger partial charge in [0.05, 0.1) is 18.8 Å². The molecule has 0 bridgehead atoms. The quantitative estimate of drug-likeness (QED) is 0.174. The van der Waals surface area contributed by atoms with E-state index in [1.807, 2.05) is 24.3 Å². The lowest BCUT2D eigenvalue weighted by Crippen LogP contribution is -2.52. The van der Waals surface area contributed by atoms with Crippen molar-refractivity contribution in [3.8, 4) is 23.3 Å². The van der Waals surface area contributed by atoms with E-state index < -0.39 is 11.9 Å². The SMILES string of the molecule is Cc1cccc([C@@H]2COc3cc(O)ccc3[C@@H]2c2ccc(N3CCC(CN(C)CC#Cc4ccc5c(c4)CN(C4CCC(=O)NC4=O)C5=O)CC3)c(F)c2)c1. The lowest BCUT2D eigenvalue weighted by Gasteiger charge is -2.36. The average Bonchev–Trinajstić information content (AvgIpc) is 3.49. The summed E-state index contributed by atoms with van der Waals surface area (Å²) in [5, 5.41) is 12.5. The molecule has 4 aromatic rings. The van der Waals surface area contributed by atoms with Crippen LogP contribution in [0, 0.1) is 30.5 Å². The van der Waals surface area contributed by atoms with Crippen LogP contribution in [-0.2, 0) is 16.1 Å². The fourth-order valence-corrected chi connectivity index (χ4v) is 8.76. The molecule has 0 saturated carbocycles. The molecule has 55 heavy (non-hydrogen) atoms. The molecule has 0 aromatic heterocycles. The summed E-state index contributed by atoms with van der Waals surface area (Å²) in [6.07, 6.45) is 2.47. The van der Waals surface area contributed by atoms with Gasteiger partial charge in [-0.2, -0.15) is 0 Å². The Morgan fingerprint density at radius 3 is 2.58 bits per heavy atom. The van der Waals surface area contributed by atoms with E-state index in [-0.39, 0.29) is 41.6 Å². The van der Waals surface area contributed by atoms with Crippen molar-refractivity contribution in [3.05, 3.63) is 124 Å². The summed E-state index contributed by atoms with van der Waals surface area (Å²) < 4.78 is 22.2. The van der Waals surface area contributed by atoms with Crippen molar-refractivity contribution < 1.29 is 28.6 Å². The van der Waals surface area contributed by atoms with Crippen LogP contribution in [0.5, 0.6) is 11.5 Å². The van der Waals surface area contributed by atoms with Gasteiger partial charge in [-0.1, -0.05) is 53.8 Å². The first kappa shape index (κ1) is 36.3. The predicted molar refractivity (Wildman–Crippen MR) is 208 cm³/mol. The van der Waals surface area contributed by atoms with E-state index in [9.17, 15) is 19.5 Å². The summed E-state index contributed by atoms with van der Waals surface area (Å²) in [4.78, 5) is 42.9. The summed E-state index contributed by atoms with van der Waals surface area (Å²) in [5.74, 6) is 6.51. The van der Waals surface area contributed by atoms with Gasteiger partial charge < -0.3 is 19.6 Å². The smallest absolute Gasteiger partial charge is 0.255 e. The molecule has 4 aromatic carbocycles. The van der Waals surface area contributed by atoms with E-state index >= 15 is 4.39 Å². The monoisotopic (exact) mass is 740 g/mol. The molecule has 0 radical (unpaired) electrons. The second kappa shape index (κ2) is 15.2. The van der Waals surface area contributed by atoms with E-state index in [4.69, 9.17) is 4.74 Å². The van der Waals surface area contributed by atoms with E-state index in [1.165, 1.54) is 0 Å². The number of hydrogen-bond donors (Lipinski definition) is 2. The number of benzene rings is 4. The Kier molecular flexibility index (Phi) is 10.1. The minimum atomic E-state index is -0.636. The molecule has 9 nitrogen and oxygen atoms in total. The van der Waals surface area contributed by atoms with Crippen molar-refractivity contribution in [1.82, 2.24) is 15.1 Å². The van der Waals surface area contributed by atoms with Crippen LogP contribution >= 0.6 is 0 Å². The first-order valence-electron chi connectivity index (χ1n) is 19.1. The van der Waals surface area contributed by atoms with Crippen LogP contribution in [0.15, 0.2) is 78.9 Å². The number of halogens is 1. The molecule has 4 aliphatic rings. The Morgan fingerprint density at radius 2 is 1.80 bits per heavy atom. The highest BCUT2D eigenvalue weighted by atomic mass is 19.1. The number of ether oxygens (including phenoxy) is 1. The molecule has 4 aliphatic heterocycles. The van der Waals surface area contributed by atoms with Gasteiger partial charge in [-0.15, -0.1) is 0 Å². The number of carbonyl (C=O) groups is 3. The van der Waals surface area contributed by atoms with Crippen LogP contribution in [0.2, 0.25) is 0 Å². The number of nitrogens with zero attached hydrogens (tertiary/aromatic N) is 3. The van der Waals surface area contributed by atoms with Crippen molar-refractivity contribution in [3.63, 3.8) is 0 Å². The zero-order chi connectivity index (χ0) is 38.2. The second-order valence-electron chi connectivity index (χ2n) is 15.4. The maximum atomic E-state index is 16.1. The number of aryl methyl sites for hydroxylation is 1. The van der Waals surface area contributed by atoms with Crippen molar-refractivity contribution in [2.24, 2.45) is 5.92 Å². The number of nitrogens with one attached hydrogen (secondary N) is 1. The predicted octanol–water partition coefficient (Wildman–Crippen LogP) is 6.11. The van der Waals surface area contributed by atoms with Gasteiger partial charge in [0.1, 0.15) is 23.4 Å². The fraction of sp³-hybridized carbons (Fsp3) is 0.356. The average molecular weight is 741 g/mol. The molecule has 2 N–H and O–H groups in total. The molecule has 4 heterocycles. The molecule has 10 heteroatoms. The largest absolute Gasteiger partial charge is 0.508 e. The normalized spacial score (nSPS) is 21.1. The minimum absolute atomic E-state index is 0.00322. The highest BCUT2D eigenvalue weighted by molar-refractivity contribution is 6.05. The molecule has 1 unspecified atom stereocenters. The number of amides is 3. The number of hydrogen-bond acceptors (Lipinski definition) is 7. The van der Waals surface area contributed by atoms with Crippen LogP contribution in [-0.4, -0.2) is 78.5 Å². The van der Waals surface area contributed by atoms with Crippen molar-refractivity contribution >= 4 is 23.4 Å². The van der Waals surface area contributed by atoms with Crippen LogP contribution in [0.3, 0.4) is 0 Å². The summed E-state index contributed by atoms with van der Waals surface area (Å²) in [6, 6.07) is 24.2. The van der Waals surface area contributed by atoms with Gasteiger partial charge in [-0.3, -0.25) is 24.6 Å². The number of anilines is 1. The zero-order valence-electron chi connectivity index (χ0n) is 31.2. The molecule has 3 atom stereocenters. The van der Waals surface area contributed by atoms with Crippen molar-refractivity contribution in [2.75, 3.05) is 44.7 Å².